The smallest absolute Gasteiger partial charge is 0.416 e. The van der Waals surface area contributed by atoms with E-state index in [2.05, 4.69) is 10.4 Å². The number of aromatic nitrogens is 2. The second-order valence-electron chi connectivity index (χ2n) is 6.17. The van der Waals surface area contributed by atoms with Gasteiger partial charge in [0.25, 0.3) is 5.56 Å². The van der Waals surface area contributed by atoms with Crippen LogP contribution in [0.3, 0.4) is 0 Å². The van der Waals surface area contributed by atoms with E-state index in [1.807, 2.05) is 0 Å². The number of nitrogens with one attached hydrogen (secondary N) is 1. The summed E-state index contributed by atoms with van der Waals surface area (Å²) >= 11 is 6.57. The van der Waals surface area contributed by atoms with Gasteiger partial charge in [-0.1, -0.05) is 0 Å². The number of carbonyl (C=O) groups is 2. The number of benzene rings is 1. The molecular formula is C19H15ClF3N3O4S. The molecule has 3 aromatic rings. The number of esters is 1. The van der Waals surface area contributed by atoms with E-state index in [1.165, 1.54) is 5.38 Å². The monoisotopic (exact) mass is 473 g/mol. The van der Waals surface area contributed by atoms with Gasteiger partial charge < -0.3 is 10.1 Å². The van der Waals surface area contributed by atoms with E-state index in [1.54, 1.807) is 6.92 Å². The molecule has 0 atom stereocenters. The molecule has 3 rings (SSSR count). The SMILES string of the molecule is CCOC(=O)c1nn(-c2ccc(C(F)(F)F)cc2)c(=O)c2c(NC(=O)CCCl)scc12. The lowest BCUT2D eigenvalue weighted by Crippen LogP contribution is -2.25. The van der Waals surface area contributed by atoms with E-state index >= 15 is 0 Å². The molecule has 2 heterocycles. The average molecular weight is 474 g/mol. The number of halogens is 4. The summed E-state index contributed by atoms with van der Waals surface area (Å²) in [6.07, 6.45) is -4.55. The number of alkyl halides is 4. The first kappa shape index (κ1) is 22.8. The molecule has 0 unspecified atom stereocenters. The number of rotatable bonds is 6. The third kappa shape index (κ3) is 4.72. The molecule has 0 bridgehead atoms. The lowest BCUT2D eigenvalue weighted by molar-refractivity contribution is -0.137. The minimum absolute atomic E-state index is 0.00383. The standard InChI is InChI=1S/C19H15ClF3N3O4S/c1-2-30-18(29)15-12-9-31-16(24-13(27)7-8-20)14(12)17(28)26(25-15)11-5-3-10(4-6-11)19(21,22)23/h3-6,9H,2,7-8H2,1H3,(H,24,27). The third-order valence-corrected chi connectivity index (χ3v) is 5.22. The molecule has 2 aromatic heterocycles. The van der Waals surface area contributed by atoms with Gasteiger partial charge in [-0.2, -0.15) is 23.0 Å². The Bertz CT molecular complexity index is 1190. The second-order valence-corrected chi connectivity index (χ2v) is 7.43. The molecule has 0 aliphatic rings. The van der Waals surface area contributed by atoms with Gasteiger partial charge in [0.15, 0.2) is 5.69 Å². The second kappa shape index (κ2) is 9.06. The van der Waals surface area contributed by atoms with E-state index in [4.69, 9.17) is 16.3 Å². The van der Waals surface area contributed by atoms with Crippen LogP contribution in [-0.2, 0) is 15.7 Å². The number of hydrogen-bond donors (Lipinski definition) is 1. The maximum Gasteiger partial charge on any atom is 0.416 e. The first-order chi connectivity index (χ1) is 14.7. The highest BCUT2D eigenvalue weighted by Crippen LogP contribution is 2.32. The average Bonchev–Trinajstić information content (AvgIpc) is 3.12. The van der Waals surface area contributed by atoms with Crippen LogP contribution in [0.1, 0.15) is 29.4 Å². The van der Waals surface area contributed by atoms with Gasteiger partial charge in [0.1, 0.15) is 5.00 Å². The fourth-order valence-corrected chi connectivity index (χ4v) is 3.86. The van der Waals surface area contributed by atoms with Crippen molar-refractivity contribution in [1.29, 1.82) is 0 Å². The summed E-state index contributed by atoms with van der Waals surface area (Å²) in [6, 6.07) is 3.73. The molecule has 0 aliphatic heterocycles. The Morgan fingerprint density at radius 3 is 2.52 bits per heavy atom. The molecule has 0 saturated heterocycles. The Labute approximate surface area is 182 Å². The fourth-order valence-electron chi connectivity index (χ4n) is 2.73. The first-order valence-electron chi connectivity index (χ1n) is 8.92. The molecule has 1 amide bonds. The zero-order valence-electron chi connectivity index (χ0n) is 16.0. The molecule has 0 saturated carbocycles. The van der Waals surface area contributed by atoms with E-state index in [0.717, 1.165) is 40.3 Å². The summed E-state index contributed by atoms with van der Waals surface area (Å²) in [5.41, 5.74) is -1.81. The van der Waals surface area contributed by atoms with Crippen LogP contribution < -0.4 is 10.9 Å². The van der Waals surface area contributed by atoms with Crippen molar-refractivity contribution in [2.24, 2.45) is 0 Å². The quantitative estimate of drug-likeness (QED) is 0.428. The minimum Gasteiger partial charge on any atom is -0.461 e. The van der Waals surface area contributed by atoms with Crippen LogP contribution in [0.25, 0.3) is 16.5 Å². The highest BCUT2D eigenvalue weighted by molar-refractivity contribution is 7.16. The van der Waals surface area contributed by atoms with E-state index < -0.39 is 29.2 Å². The fraction of sp³-hybridized carbons (Fsp3) is 0.263. The molecule has 31 heavy (non-hydrogen) atoms. The van der Waals surface area contributed by atoms with Gasteiger partial charge in [-0.15, -0.1) is 22.9 Å². The number of anilines is 1. The molecule has 0 spiro atoms. The topological polar surface area (TPSA) is 90.3 Å². The molecule has 1 aromatic carbocycles. The van der Waals surface area contributed by atoms with Gasteiger partial charge in [0.2, 0.25) is 5.91 Å². The Morgan fingerprint density at radius 1 is 1.26 bits per heavy atom. The Morgan fingerprint density at radius 2 is 1.94 bits per heavy atom. The van der Waals surface area contributed by atoms with Crippen LogP contribution in [0.15, 0.2) is 34.4 Å². The lowest BCUT2D eigenvalue weighted by Gasteiger charge is -2.11. The van der Waals surface area contributed by atoms with Gasteiger partial charge in [0.05, 0.1) is 23.2 Å². The summed E-state index contributed by atoms with van der Waals surface area (Å²) < 4.78 is 44.4. The number of fused-ring (bicyclic) bond motifs is 1. The van der Waals surface area contributed by atoms with Crippen molar-refractivity contribution in [3.8, 4) is 5.69 Å². The zero-order chi connectivity index (χ0) is 22.8. The lowest BCUT2D eigenvalue weighted by atomic mass is 10.2. The molecule has 0 radical (unpaired) electrons. The van der Waals surface area contributed by atoms with Crippen LogP contribution in [0.4, 0.5) is 18.2 Å². The summed E-state index contributed by atoms with van der Waals surface area (Å²) in [5, 5.41) is 8.40. The molecule has 1 N–H and O–H groups in total. The highest BCUT2D eigenvalue weighted by atomic mass is 35.5. The summed E-state index contributed by atoms with van der Waals surface area (Å²) in [4.78, 5) is 37.5. The van der Waals surface area contributed by atoms with Crippen LogP contribution in [0.5, 0.6) is 0 Å². The van der Waals surface area contributed by atoms with Crippen molar-refractivity contribution in [2.75, 3.05) is 17.8 Å². The molecule has 12 heteroatoms. The van der Waals surface area contributed by atoms with E-state index in [0.29, 0.717) is 0 Å². The Hall–Kier alpha value is -2.92. The number of hydrogen-bond acceptors (Lipinski definition) is 6. The highest BCUT2D eigenvalue weighted by Gasteiger charge is 2.30. The number of nitrogens with zero attached hydrogens (tertiary/aromatic N) is 2. The summed E-state index contributed by atoms with van der Waals surface area (Å²) in [5.74, 6) is -1.18. The number of thiophene rings is 1. The van der Waals surface area contributed by atoms with Crippen molar-refractivity contribution in [2.45, 2.75) is 19.5 Å². The summed E-state index contributed by atoms with van der Waals surface area (Å²) in [6.45, 7) is 1.64. The van der Waals surface area contributed by atoms with Crippen molar-refractivity contribution in [1.82, 2.24) is 9.78 Å². The van der Waals surface area contributed by atoms with E-state index in [-0.39, 0.29) is 46.1 Å². The molecule has 0 fully saturated rings. The zero-order valence-corrected chi connectivity index (χ0v) is 17.5. The van der Waals surface area contributed by atoms with Crippen LogP contribution in [0.2, 0.25) is 0 Å². The molecule has 0 aliphatic carbocycles. The normalized spacial score (nSPS) is 11.5. The predicted octanol–water partition coefficient (Wildman–Crippen LogP) is 4.21. The maximum absolute atomic E-state index is 13.1. The molecular weight excluding hydrogens is 459 g/mol. The molecule has 164 valence electrons. The van der Waals surface area contributed by atoms with Crippen LogP contribution in [-0.4, -0.2) is 34.1 Å². The number of ether oxygens (including phenoxy) is 1. The van der Waals surface area contributed by atoms with Crippen molar-refractivity contribution in [3.05, 3.63) is 51.3 Å². The summed E-state index contributed by atoms with van der Waals surface area (Å²) in [7, 11) is 0. The maximum atomic E-state index is 13.1. The van der Waals surface area contributed by atoms with Crippen molar-refractivity contribution in [3.63, 3.8) is 0 Å². The van der Waals surface area contributed by atoms with Crippen molar-refractivity contribution < 1.29 is 27.5 Å². The third-order valence-electron chi connectivity index (χ3n) is 4.13. The van der Waals surface area contributed by atoms with Crippen LogP contribution in [0, 0.1) is 0 Å². The number of carbonyl (C=O) groups excluding carboxylic acids is 2. The minimum atomic E-state index is -4.55. The Kier molecular flexibility index (Phi) is 6.65. The Balaban J connectivity index is 2.21. The van der Waals surface area contributed by atoms with Gasteiger partial charge in [0, 0.05) is 23.1 Å². The van der Waals surface area contributed by atoms with E-state index in [9.17, 15) is 27.6 Å². The number of amides is 1. The largest absolute Gasteiger partial charge is 0.461 e. The van der Waals surface area contributed by atoms with Crippen LogP contribution >= 0.6 is 22.9 Å². The van der Waals surface area contributed by atoms with Gasteiger partial charge >= 0.3 is 12.1 Å². The van der Waals surface area contributed by atoms with Crippen molar-refractivity contribution >= 4 is 50.6 Å². The van der Waals surface area contributed by atoms with Gasteiger partial charge in [-0.05, 0) is 31.2 Å². The predicted molar refractivity (Wildman–Crippen MR) is 110 cm³/mol. The van der Waals surface area contributed by atoms with Gasteiger partial charge in [-0.25, -0.2) is 4.79 Å². The molecule has 7 nitrogen and oxygen atoms in total. The first-order valence-corrected chi connectivity index (χ1v) is 10.3. The van der Waals surface area contributed by atoms with Gasteiger partial charge in [-0.3, -0.25) is 9.59 Å².